The predicted molar refractivity (Wildman–Crippen MR) is 82.7 cm³/mol. The molecule has 2 saturated heterocycles. The first-order valence-corrected chi connectivity index (χ1v) is 7.99. The molecular formula is C15H20Cl2N2O. The molecule has 2 unspecified atom stereocenters. The summed E-state index contributed by atoms with van der Waals surface area (Å²) in [4.78, 5) is 2.55. The molecule has 3 rings (SSSR count). The standard InChI is InChI=1S/C15H20Cl2N2O/c16-13-2-1-3-14(17)15(13)20-7-6-19-11-4-5-12(19)9-10(18)8-11/h1-3,10-12H,4-9,18H2. The van der Waals surface area contributed by atoms with E-state index in [-0.39, 0.29) is 0 Å². The van der Waals surface area contributed by atoms with Crippen LogP contribution in [0.3, 0.4) is 0 Å². The normalized spacial score (nSPS) is 29.6. The van der Waals surface area contributed by atoms with Gasteiger partial charge in [0.1, 0.15) is 6.61 Å². The summed E-state index contributed by atoms with van der Waals surface area (Å²) >= 11 is 12.2. The van der Waals surface area contributed by atoms with Crippen LogP contribution in [-0.2, 0) is 0 Å². The first kappa shape index (κ1) is 14.5. The van der Waals surface area contributed by atoms with Gasteiger partial charge in [-0.05, 0) is 37.8 Å². The van der Waals surface area contributed by atoms with Gasteiger partial charge in [-0.1, -0.05) is 29.3 Å². The molecule has 1 aromatic rings. The fourth-order valence-corrected chi connectivity index (χ4v) is 4.06. The molecule has 2 aliphatic heterocycles. The molecule has 2 bridgehead atoms. The van der Waals surface area contributed by atoms with Crippen LogP contribution in [0.4, 0.5) is 0 Å². The van der Waals surface area contributed by atoms with Crippen molar-refractivity contribution < 1.29 is 4.74 Å². The lowest BCUT2D eigenvalue weighted by Crippen LogP contribution is -2.48. The molecule has 0 saturated carbocycles. The van der Waals surface area contributed by atoms with E-state index in [4.69, 9.17) is 33.7 Å². The third-order valence-electron chi connectivity index (χ3n) is 4.44. The summed E-state index contributed by atoms with van der Waals surface area (Å²) in [6.07, 6.45) is 4.77. The third kappa shape index (κ3) is 2.91. The SMILES string of the molecule is NC1CC2CCC(C1)N2CCOc1c(Cl)cccc1Cl. The van der Waals surface area contributed by atoms with Crippen molar-refractivity contribution in [2.45, 2.75) is 43.8 Å². The van der Waals surface area contributed by atoms with Gasteiger partial charge >= 0.3 is 0 Å². The number of nitrogens with zero attached hydrogens (tertiary/aromatic N) is 1. The Morgan fingerprint density at radius 2 is 1.75 bits per heavy atom. The van der Waals surface area contributed by atoms with Gasteiger partial charge in [-0.25, -0.2) is 0 Å². The van der Waals surface area contributed by atoms with Gasteiger partial charge < -0.3 is 10.5 Å². The van der Waals surface area contributed by atoms with Gasteiger partial charge in [0.25, 0.3) is 0 Å². The minimum absolute atomic E-state index is 0.377. The van der Waals surface area contributed by atoms with E-state index in [0.717, 1.165) is 19.4 Å². The molecule has 2 fully saturated rings. The zero-order valence-electron chi connectivity index (χ0n) is 11.4. The Hall–Kier alpha value is -0.480. The monoisotopic (exact) mass is 314 g/mol. The van der Waals surface area contributed by atoms with Crippen LogP contribution in [0.5, 0.6) is 5.75 Å². The van der Waals surface area contributed by atoms with Crippen LogP contribution in [0.25, 0.3) is 0 Å². The maximum Gasteiger partial charge on any atom is 0.156 e. The van der Waals surface area contributed by atoms with Gasteiger partial charge in [-0.15, -0.1) is 0 Å². The van der Waals surface area contributed by atoms with Crippen molar-refractivity contribution in [2.75, 3.05) is 13.2 Å². The van der Waals surface area contributed by atoms with E-state index in [1.807, 2.05) is 6.07 Å². The Morgan fingerprint density at radius 3 is 2.35 bits per heavy atom. The summed E-state index contributed by atoms with van der Waals surface area (Å²) in [5.41, 5.74) is 6.08. The van der Waals surface area contributed by atoms with Crippen LogP contribution in [0.1, 0.15) is 25.7 Å². The lowest BCUT2D eigenvalue weighted by atomic mass is 9.98. The van der Waals surface area contributed by atoms with Crippen molar-refractivity contribution >= 4 is 23.2 Å². The lowest BCUT2D eigenvalue weighted by Gasteiger charge is -2.37. The Bertz CT molecular complexity index is 449. The fourth-order valence-electron chi connectivity index (χ4n) is 3.55. The maximum absolute atomic E-state index is 6.10. The zero-order chi connectivity index (χ0) is 14.1. The van der Waals surface area contributed by atoms with Crippen LogP contribution >= 0.6 is 23.2 Å². The van der Waals surface area contributed by atoms with E-state index < -0.39 is 0 Å². The smallest absolute Gasteiger partial charge is 0.156 e. The second kappa shape index (κ2) is 6.10. The van der Waals surface area contributed by atoms with Crippen molar-refractivity contribution in [1.29, 1.82) is 0 Å². The van der Waals surface area contributed by atoms with Crippen LogP contribution in [0.15, 0.2) is 18.2 Å². The highest BCUT2D eigenvalue weighted by Gasteiger charge is 2.39. The lowest BCUT2D eigenvalue weighted by molar-refractivity contribution is 0.106. The average molecular weight is 315 g/mol. The number of ether oxygens (including phenoxy) is 1. The summed E-state index contributed by atoms with van der Waals surface area (Å²) in [7, 11) is 0. The van der Waals surface area contributed by atoms with Gasteiger partial charge in [0.15, 0.2) is 5.75 Å². The molecule has 2 atom stereocenters. The number of benzene rings is 1. The van der Waals surface area contributed by atoms with Crippen LogP contribution in [0.2, 0.25) is 10.0 Å². The van der Waals surface area contributed by atoms with Crippen molar-refractivity contribution in [2.24, 2.45) is 5.73 Å². The van der Waals surface area contributed by atoms with Crippen LogP contribution in [0, 0.1) is 0 Å². The number of rotatable bonds is 4. The molecule has 20 heavy (non-hydrogen) atoms. The highest BCUT2D eigenvalue weighted by Crippen LogP contribution is 2.35. The van der Waals surface area contributed by atoms with Crippen LogP contribution < -0.4 is 10.5 Å². The van der Waals surface area contributed by atoms with E-state index in [0.29, 0.717) is 40.5 Å². The minimum Gasteiger partial charge on any atom is -0.489 e. The molecule has 0 aromatic heterocycles. The van der Waals surface area contributed by atoms with E-state index in [9.17, 15) is 0 Å². The van der Waals surface area contributed by atoms with Gasteiger partial charge in [-0.3, -0.25) is 4.90 Å². The van der Waals surface area contributed by atoms with Crippen LogP contribution in [-0.4, -0.2) is 36.2 Å². The van der Waals surface area contributed by atoms with Gasteiger partial charge in [0, 0.05) is 24.7 Å². The Labute approximate surface area is 130 Å². The second-order valence-corrected chi connectivity index (χ2v) is 6.57. The number of fused-ring (bicyclic) bond motifs is 2. The molecule has 0 spiro atoms. The van der Waals surface area contributed by atoms with E-state index >= 15 is 0 Å². The molecule has 5 heteroatoms. The molecule has 0 aliphatic carbocycles. The summed E-state index contributed by atoms with van der Waals surface area (Å²) < 4.78 is 5.78. The number of halogens is 2. The number of para-hydroxylation sites is 1. The minimum atomic E-state index is 0.377. The summed E-state index contributed by atoms with van der Waals surface area (Å²) in [5, 5.41) is 1.14. The molecule has 0 amide bonds. The average Bonchev–Trinajstić information content (AvgIpc) is 2.65. The van der Waals surface area contributed by atoms with E-state index in [2.05, 4.69) is 4.90 Å². The van der Waals surface area contributed by atoms with Gasteiger partial charge in [0.05, 0.1) is 10.0 Å². The van der Waals surface area contributed by atoms with Crippen molar-refractivity contribution in [1.82, 2.24) is 4.90 Å². The van der Waals surface area contributed by atoms with Crippen molar-refractivity contribution in [3.8, 4) is 5.75 Å². The highest BCUT2D eigenvalue weighted by molar-refractivity contribution is 6.37. The molecule has 2 N–H and O–H groups in total. The Kier molecular flexibility index (Phi) is 4.41. The molecule has 110 valence electrons. The first-order chi connectivity index (χ1) is 9.65. The molecule has 2 aliphatic rings. The molecule has 1 aromatic carbocycles. The molecule has 0 radical (unpaired) electrons. The van der Waals surface area contributed by atoms with Gasteiger partial charge in [0.2, 0.25) is 0 Å². The molecule has 2 heterocycles. The summed E-state index contributed by atoms with van der Waals surface area (Å²) in [6, 6.07) is 7.06. The third-order valence-corrected chi connectivity index (χ3v) is 5.03. The number of hydrogen-bond donors (Lipinski definition) is 1. The highest BCUT2D eigenvalue weighted by atomic mass is 35.5. The first-order valence-electron chi connectivity index (χ1n) is 7.23. The summed E-state index contributed by atoms with van der Waals surface area (Å²) in [6.45, 7) is 1.54. The topological polar surface area (TPSA) is 38.5 Å². The predicted octanol–water partition coefficient (Wildman–Crippen LogP) is 3.33. The van der Waals surface area contributed by atoms with Gasteiger partial charge in [-0.2, -0.15) is 0 Å². The molecular weight excluding hydrogens is 295 g/mol. The second-order valence-electron chi connectivity index (χ2n) is 5.75. The molecule has 3 nitrogen and oxygen atoms in total. The van der Waals surface area contributed by atoms with E-state index in [1.165, 1.54) is 12.8 Å². The largest absolute Gasteiger partial charge is 0.489 e. The number of piperidine rings is 1. The van der Waals surface area contributed by atoms with Crippen molar-refractivity contribution in [3.05, 3.63) is 28.2 Å². The maximum atomic E-state index is 6.10. The Balaban J connectivity index is 1.56. The fraction of sp³-hybridized carbons (Fsp3) is 0.600. The number of nitrogens with two attached hydrogens (primary N) is 1. The van der Waals surface area contributed by atoms with Crippen molar-refractivity contribution in [3.63, 3.8) is 0 Å². The van der Waals surface area contributed by atoms with E-state index in [1.54, 1.807) is 12.1 Å². The quantitative estimate of drug-likeness (QED) is 0.926. The zero-order valence-corrected chi connectivity index (χ0v) is 12.9. The number of hydrogen-bond acceptors (Lipinski definition) is 3. The Morgan fingerprint density at radius 1 is 1.15 bits per heavy atom. The summed E-state index contributed by atoms with van der Waals surface area (Å²) in [5.74, 6) is 0.594.